The molecule has 9 heteroatoms. The lowest BCUT2D eigenvalue weighted by atomic mass is 9.63. The molecule has 2 bridgehead atoms. The number of hydrogen-bond donors (Lipinski definition) is 1. The Bertz CT molecular complexity index is 1240. The number of nitrogens with zero attached hydrogens (tertiary/aromatic N) is 1. The molecule has 6 atom stereocenters. The van der Waals surface area contributed by atoms with E-state index in [-0.39, 0.29) is 51.8 Å². The van der Waals surface area contributed by atoms with Crippen LogP contribution in [0.15, 0.2) is 54.6 Å². The summed E-state index contributed by atoms with van der Waals surface area (Å²) in [5.41, 5.74) is -0.569. The van der Waals surface area contributed by atoms with Crippen molar-refractivity contribution in [1.82, 2.24) is 0 Å². The van der Waals surface area contributed by atoms with Crippen LogP contribution in [0.5, 0.6) is 0 Å². The van der Waals surface area contributed by atoms with E-state index >= 15 is 0 Å². The molecular formula is C25H18ClF3N2O3. The van der Waals surface area contributed by atoms with Gasteiger partial charge in [0.2, 0.25) is 11.8 Å². The molecule has 1 saturated heterocycles. The fourth-order valence-corrected chi connectivity index (χ4v) is 6.13. The number of carbonyl (C=O) groups excluding carboxylic acids is 3. The summed E-state index contributed by atoms with van der Waals surface area (Å²) < 4.78 is 38.9. The van der Waals surface area contributed by atoms with Crippen molar-refractivity contribution in [3.8, 4) is 0 Å². The van der Waals surface area contributed by atoms with Gasteiger partial charge in [-0.3, -0.25) is 19.3 Å². The summed E-state index contributed by atoms with van der Waals surface area (Å²) in [6.07, 6.45) is 0.699. The molecule has 2 saturated carbocycles. The highest BCUT2D eigenvalue weighted by atomic mass is 35.5. The summed E-state index contributed by atoms with van der Waals surface area (Å²) in [6.45, 7) is 0. The summed E-state index contributed by atoms with van der Waals surface area (Å²) >= 11 is 5.95. The third-order valence-electron chi connectivity index (χ3n) is 7.59. The van der Waals surface area contributed by atoms with Gasteiger partial charge in [0, 0.05) is 5.56 Å². The van der Waals surface area contributed by atoms with Crippen LogP contribution in [0.3, 0.4) is 0 Å². The van der Waals surface area contributed by atoms with Crippen LogP contribution in [0, 0.1) is 35.5 Å². The number of carbonyl (C=O) groups is 3. The quantitative estimate of drug-likeness (QED) is 0.481. The van der Waals surface area contributed by atoms with Crippen molar-refractivity contribution in [2.24, 2.45) is 35.5 Å². The lowest BCUT2D eigenvalue weighted by molar-refractivity contribution is -0.137. The number of alkyl halides is 3. The van der Waals surface area contributed by atoms with Crippen LogP contribution in [0.4, 0.5) is 24.5 Å². The Morgan fingerprint density at radius 3 is 2.09 bits per heavy atom. The molecule has 0 aromatic heterocycles. The van der Waals surface area contributed by atoms with E-state index in [1.165, 1.54) is 29.2 Å². The van der Waals surface area contributed by atoms with Crippen LogP contribution in [0.25, 0.3) is 0 Å². The van der Waals surface area contributed by atoms with E-state index in [1.54, 1.807) is 0 Å². The number of hydrogen-bond acceptors (Lipinski definition) is 3. The molecule has 1 heterocycles. The van der Waals surface area contributed by atoms with Crippen molar-refractivity contribution in [3.63, 3.8) is 0 Å². The smallest absolute Gasteiger partial charge is 0.321 e. The first-order valence-electron chi connectivity index (χ1n) is 11.0. The van der Waals surface area contributed by atoms with Gasteiger partial charge < -0.3 is 5.32 Å². The number of halogens is 4. The van der Waals surface area contributed by atoms with E-state index in [2.05, 4.69) is 17.5 Å². The van der Waals surface area contributed by atoms with E-state index in [0.717, 1.165) is 24.6 Å². The van der Waals surface area contributed by atoms with Crippen molar-refractivity contribution in [1.29, 1.82) is 0 Å². The van der Waals surface area contributed by atoms with Crippen molar-refractivity contribution in [2.75, 3.05) is 10.2 Å². The summed E-state index contributed by atoms with van der Waals surface area (Å²) in [5.74, 6) is -0.478. The number of amides is 3. The average molecular weight is 487 g/mol. The zero-order valence-electron chi connectivity index (χ0n) is 17.6. The molecule has 1 aliphatic heterocycles. The molecule has 4 aliphatic carbocycles. The van der Waals surface area contributed by atoms with E-state index in [1.807, 2.05) is 0 Å². The van der Waals surface area contributed by atoms with Crippen LogP contribution >= 0.6 is 11.6 Å². The second-order valence-electron chi connectivity index (χ2n) is 9.36. The zero-order chi connectivity index (χ0) is 23.9. The first-order valence-corrected chi connectivity index (χ1v) is 11.4. The van der Waals surface area contributed by atoms with Crippen LogP contribution in [-0.4, -0.2) is 17.7 Å². The van der Waals surface area contributed by atoms with Gasteiger partial charge in [0.05, 0.1) is 33.8 Å². The lowest BCUT2D eigenvalue weighted by Crippen LogP contribution is -2.40. The highest BCUT2D eigenvalue weighted by Gasteiger charge is 2.67. The Hall–Kier alpha value is -3.13. The highest BCUT2D eigenvalue weighted by molar-refractivity contribution is 6.34. The molecule has 1 N–H and O–H groups in total. The third kappa shape index (κ3) is 3.11. The lowest BCUT2D eigenvalue weighted by Gasteiger charge is -2.37. The van der Waals surface area contributed by atoms with E-state index in [9.17, 15) is 27.6 Å². The maximum atomic E-state index is 13.2. The first-order chi connectivity index (χ1) is 16.1. The van der Waals surface area contributed by atoms with Gasteiger partial charge in [-0.05, 0) is 72.6 Å². The minimum atomic E-state index is -4.58. The van der Waals surface area contributed by atoms with Crippen LogP contribution in [-0.2, 0) is 15.8 Å². The Kier molecular flexibility index (Phi) is 4.52. The van der Waals surface area contributed by atoms with E-state index in [0.29, 0.717) is 17.5 Å². The van der Waals surface area contributed by atoms with Crippen LogP contribution in [0.1, 0.15) is 22.3 Å². The third-order valence-corrected chi connectivity index (χ3v) is 7.92. The Labute approximate surface area is 197 Å². The molecule has 5 aliphatic rings. The predicted octanol–water partition coefficient (Wildman–Crippen LogP) is 5.17. The molecule has 34 heavy (non-hydrogen) atoms. The van der Waals surface area contributed by atoms with Gasteiger partial charge in [0.15, 0.2) is 0 Å². The second kappa shape index (κ2) is 7.18. The van der Waals surface area contributed by atoms with E-state index < -0.39 is 17.6 Å². The van der Waals surface area contributed by atoms with Crippen molar-refractivity contribution < 1.29 is 27.6 Å². The summed E-state index contributed by atoms with van der Waals surface area (Å²) in [7, 11) is 0. The Morgan fingerprint density at radius 2 is 1.53 bits per heavy atom. The van der Waals surface area contributed by atoms with Gasteiger partial charge in [-0.15, -0.1) is 0 Å². The molecular weight excluding hydrogens is 469 g/mol. The average Bonchev–Trinajstić information content (AvgIpc) is 3.58. The Balaban J connectivity index is 1.22. The van der Waals surface area contributed by atoms with Crippen molar-refractivity contribution >= 4 is 40.7 Å². The van der Waals surface area contributed by atoms with Crippen LogP contribution < -0.4 is 10.2 Å². The zero-order valence-corrected chi connectivity index (χ0v) is 18.3. The molecule has 3 amide bonds. The van der Waals surface area contributed by atoms with E-state index in [4.69, 9.17) is 11.6 Å². The SMILES string of the molecule is O=C(Nc1cc(C(F)(F)F)ccc1Cl)c1ccc(N2C(=O)[C@H]3[C@@H]4C=C[C@H]([C@H]5C[C@H]45)[C@@H]3C2=O)cc1. The van der Waals surface area contributed by atoms with Gasteiger partial charge in [-0.2, -0.15) is 13.2 Å². The molecule has 5 nitrogen and oxygen atoms in total. The fourth-order valence-electron chi connectivity index (χ4n) is 5.97. The predicted molar refractivity (Wildman–Crippen MR) is 118 cm³/mol. The molecule has 0 unspecified atom stereocenters. The number of imide groups is 1. The summed E-state index contributed by atoms with van der Waals surface area (Å²) in [5, 5.41) is 2.36. The number of benzene rings is 2. The molecule has 174 valence electrons. The molecule has 0 spiro atoms. The second-order valence-corrected chi connectivity index (χ2v) is 9.77. The van der Waals surface area contributed by atoms with Gasteiger partial charge in [0.25, 0.3) is 5.91 Å². The monoisotopic (exact) mass is 486 g/mol. The van der Waals surface area contributed by atoms with Crippen molar-refractivity contribution in [3.05, 3.63) is 70.8 Å². The molecule has 2 aromatic carbocycles. The first kappa shape index (κ1) is 21.4. The summed E-state index contributed by atoms with van der Waals surface area (Å²) in [4.78, 5) is 40.2. The minimum Gasteiger partial charge on any atom is -0.321 e. The maximum Gasteiger partial charge on any atom is 0.416 e. The number of rotatable bonds is 3. The molecule has 2 aromatic rings. The number of anilines is 2. The standard InChI is InChI=1S/C25H18ClF3N2O3/c26-18-8-3-12(25(27,28)29)9-19(18)30-22(32)11-1-4-13(5-2-11)31-23(33)20-14-6-7-15(17-10-16(14)17)21(20)24(31)34/h1-9,14-17,20-21H,10H2,(H,30,32)/t14-,15-,16-,17-,20+,21+/m1/s1. The highest BCUT2D eigenvalue weighted by Crippen LogP contribution is 2.65. The normalized spacial score (nSPS) is 30.9. The Morgan fingerprint density at radius 1 is 0.941 bits per heavy atom. The number of allylic oxidation sites excluding steroid dienone is 2. The van der Waals surface area contributed by atoms with Gasteiger partial charge in [0.1, 0.15) is 0 Å². The summed E-state index contributed by atoms with van der Waals surface area (Å²) in [6, 6.07) is 8.54. The minimum absolute atomic E-state index is 0.0323. The largest absolute Gasteiger partial charge is 0.416 e. The van der Waals surface area contributed by atoms with Crippen LogP contribution in [0.2, 0.25) is 5.02 Å². The van der Waals surface area contributed by atoms with Gasteiger partial charge in [-0.1, -0.05) is 23.8 Å². The topological polar surface area (TPSA) is 66.5 Å². The maximum absolute atomic E-state index is 13.2. The fraction of sp³-hybridized carbons (Fsp3) is 0.320. The molecule has 7 rings (SSSR count). The van der Waals surface area contributed by atoms with Gasteiger partial charge in [-0.25, -0.2) is 0 Å². The molecule has 0 radical (unpaired) electrons. The van der Waals surface area contributed by atoms with Crippen molar-refractivity contribution in [2.45, 2.75) is 12.6 Å². The van der Waals surface area contributed by atoms with Gasteiger partial charge >= 0.3 is 6.18 Å². The number of nitrogens with one attached hydrogen (secondary N) is 1. The molecule has 3 fully saturated rings.